The van der Waals surface area contributed by atoms with E-state index in [0.717, 1.165) is 5.56 Å². The summed E-state index contributed by atoms with van der Waals surface area (Å²) < 4.78 is 17.6. The van der Waals surface area contributed by atoms with Crippen LogP contribution in [0.15, 0.2) is 23.7 Å². The van der Waals surface area contributed by atoms with Crippen LogP contribution in [-0.4, -0.2) is 41.7 Å². The van der Waals surface area contributed by atoms with E-state index in [9.17, 15) is 9.90 Å². The van der Waals surface area contributed by atoms with Gasteiger partial charge in [0.15, 0.2) is 0 Å². The van der Waals surface area contributed by atoms with Crippen LogP contribution in [0.2, 0.25) is 0 Å². The van der Waals surface area contributed by atoms with Crippen molar-refractivity contribution in [1.29, 1.82) is 0 Å². The number of rotatable bonds is 4. The van der Waals surface area contributed by atoms with Crippen LogP contribution in [0.5, 0.6) is 5.75 Å². The van der Waals surface area contributed by atoms with Crippen LogP contribution in [0.25, 0.3) is 6.08 Å². The Labute approximate surface area is 168 Å². The van der Waals surface area contributed by atoms with E-state index in [2.05, 4.69) is 5.32 Å². The minimum Gasteiger partial charge on any atom is -0.507 e. The largest absolute Gasteiger partial charge is 0.507 e. The molecule has 154 valence electrons. The number of phenols is 1. The molecule has 28 heavy (non-hydrogen) atoms. The summed E-state index contributed by atoms with van der Waals surface area (Å²) in [7, 11) is -0.652. The van der Waals surface area contributed by atoms with Gasteiger partial charge in [-0.2, -0.15) is 0 Å². The Morgan fingerprint density at radius 2 is 1.79 bits per heavy atom. The summed E-state index contributed by atoms with van der Waals surface area (Å²) in [6.45, 7) is 15.4. The second-order valence-electron chi connectivity index (χ2n) is 9.23. The molecule has 6 nitrogen and oxygen atoms in total. The van der Waals surface area contributed by atoms with Gasteiger partial charge in [-0.15, -0.1) is 0 Å². The van der Waals surface area contributed by atoms with Gasteiger partial charge in [0.05, 0.1) is 11.2 Å². The van der Waals surface area contributed by atoms with E-state index < -0.39 is 30.0 Å². The lowest BCUT2D eigenvalue weighted by Crippen LogP contribution is -2.41. The molecule has 2 rings (SSSR count). The minimum absolute atomic E-state index is 0.159. The monoisotopic (exact) mass is 389 g/mol. The topological polar surface area (TPSA) is 77.0 Å². The Kier molecular flexibility index (Phi) is 6.21. The number of aryl methyl sites for hydroxylation is 1. The Morgan fingerprint density at radius 3 is 2.29 bits per heavy atom. The minimum atomic E-state index is -0.652. The van der Waals surface area contributed by atoms with Crippen LogP contribution in [0.1, 0.15) is 59.6 Å². The maximum atomic E-state index is 12.1. The van der Waals surface area contributed by atoms with Gasteiger partial charge in [-0.25, -0.2) is 4.79 Å². The Balaban J connectivity index is 2.28. The smallest absolute Gasteiger partial charge is 0.492 e. The molecule has 0 aliphatic carbocycles. The summed E-state index contributed by atoms with van der Waals surface area (Å²) in [5.41, 5.74) is 0.646. The first-order valence-corrected chi connectivity index (χ1v) is 9.53. The number of alkyl carbamates (subject to hydrolysis) is 1. The molecule has 1 aliphatic heterocycles. The molecule has 0 saturated carbocycles. The first kappa shape index (κ1) is 22.3. The number of carbonyl (C=O) groups excluding carboxylic acids is 1. The highest BCUT2D eigenvalue weighted by Crippen LogP contribution is 2.39. The average molecular weight is 389 g/mol. The number of carbonyl (C=O) groups is 1. The van der Waals surface area contributed by atoms with E-state index in [1.807, 2.05) is 67.5 Å². The van der Waals surface area contributed by atoms with Crippen molar-refractivity contribution in [2.45, 2.75) is 72.2 Å². The molecule has 1 heterocycles. The average Bonchev–Trinajstić information content (AvgIpc) is 2.71. The molecule has 0 radical (unpaired) electrons. The fourth-order valence-corrected chi connectivity index (χ4v) is 2.66. The molecule has 1 fully saturated rings. The van der Waals surface area contributed by atoms with Gasteiger partial charge in [0.25, 0.3) is 0 Å². The molecule has 1 amide bonds. The zero-order chi connectivity index (χ0) is 21.3. The van der Waals surface area contributed by atoms with E-state index in [4.69, 9.17) is 14.0 Å². The molecule has 1 saturated heterocycles. The van der Waals surface area contributed by atoms with E-state index in [1.54, 1.807) is 12.1 Å². The number of hydrogen-bond acceptors (Lipinski definition) is 5. The molecule has 0 bridgehead atoms. The van der Waals surface area contributed by atoms with Crippen molar-refractivity contribution in [3.05, 3.63) is 34.8 Å². The summed E-state index contributed by atoms with van der Waals surface area (Å²) in [6, 6.07) is 5.42. The highest BCUT2D eigenvalue weighted by molar-refractivity contribution is 6.56. The number of aromatic hydroxyl groups is 1. The molecule has 1 aromatic carbocycles. The number of ether oxygens (including phenoxy) is 1. The molecule has 1 aromatic rings. The first-order valence-electron chi connectivity index (χ1n) is 9.53. The number of amides is 1. The Morgan fingerprint density at radius 1 is 1.21 bits per heavy atom. The molecular formula is C21H32BNO5. The lowest BCUT2D eigenvalue weighted by molar-refractivity contribution is 0.00578. The first-order chi connectivity index (χ1) is 12.7. The van der Waals surface area contributed by atoms with Crippen molar-refractivity contribution in [2.75, 3.05) is 6.54 Å². The van der Waals surface area contributed by atoms with Crippen LogP contribution in [-0.2, 0) is 14.0 Å². The van der Waals surface area contributed by atoms with Crippen LogP contribution >= 0.6 is 0 Å². The predicted octanol–water partition coefficient (Wildman–Crippen LogP) is 4.24. The number of phenolic OH excluding ortho intramolecular Hbond substituents is 1. The van der Waals surface area contributed by atoms with Crippen LogP contribution < -0.4 is 5.32 Å². The van der Waals surface area contributed by atoms with Gasteiger partial charge in [-0.1, -0.05) is 18.2 Å². The second kappa shape index (κ2) is 7.80. The Hall–Kier alpha value is -1.99. The summed E-state index contributed by atoms with van der Waals surface area (Å²) in [6.07, 6.45) is 1.26. The van der Waals surface area contributed by atoms with Crippen LogP contribution in [0, 0.1) is 6.92 Å². The quantitative estimate of drug-likeness (QED) is 0.754. The third kappa shape index (κ3) is 5.52. The van der Waals surface area contributed by atoms with Gasteiger partial charge in [-0.05, 0) is 72.5 Å². The standard InChI is InChI=1S/C21H32BNO5/c1-14-9-10-15(17(24)11-14)12-16(13-23-18(25)26-19(2,3)4)22-27-20(5,6)21(7,8)28-22/h9-12,24H,13H2,1-8H3,(H,23,25). The highest BCUT2D eigenvalue weighted by atomic mass is 16.7. The zero-order valence-corrected chi connectivity index (χ0v) is 18.2. The maximum absolute atomic E-state index is 12.1. The van der Waals surface area contributed by atoms with E-state index >= 15 is 0 Å². The molecule has 0 aromatic heterocycles. The van der Waals surface area contributed by atoms with Crippen LogP contribution in [0.3, 0.4) is 0 Å². The Bertz CT molecular complexity index is 749. The molecule has 0 spiro atoms. The number of benzene rings is 1. The summed E-state index contributed by atoms with van der Waals surface area (Å²) in [5.74, 6) is 0.159. The van der Waals surface area contributed by atoms with Gasteiger partial charge in [0.1, 0.15) is 11.4 Å². The predicted molar refractivity (Wildman–Crippen MR) is 111 cm³/mol. The highest BCUT2D eigenvalue weighted by Gasteiger charge is 2.52. The zero-order valence-electron chi connectivity index (χ0n) is 18.2. The fourth-order valence-electron chi connectivity index (χ4n) is 2.66. The number of nitrogens with one attached hydrogen (secondary N) is 1. The van der Waals surface area contributed by atoms with Crippen molar-refractivity contribution in [2.24, 2.45) is 0 Å². The molecule has 0 atom stereocenters. The van der Waals surface area contributed by atoms with E-state index in [-0.39, 0.29) is 12.3 Å². The van der Waals surface area contributed by atoms with Crippen LogP contribution in [0.4, 0.5) is 4.79 Å². The van der Waals surface area contributed by atoms with Crippen molar-refractivity contribution in [3.63, 3.8) is 0 Å². The van der Waals surface area contributed by atoms with E-state index in [1.165, 1.54) is 0 Å². The van der Waals surface area contributed by atoms with Gasteiger partial charge in [0.2, 0.25) is 0 Å². The van der Waals surface area contributed by atoms with E-state index in [0.29, 0.717) is 11.0 Å². The fraction of sp³-hybridized carbons (Fsp3) is 0.571. The van der Waals surface area contributed by atoms with Crippen molar-refractivity contribution in [3.8, 4) is 5.75 Å². The van der Waals surface area contributed by atoms with Gasteiger partial charge in [0, 0.05) is 12.1 Å². The lowest BCUT2D eigenvalue weighted by Gasteiger charge is -2.32. The van der Waals surface area contributed by atoms with Gasteiger partial charge >= 0.3 is 13.2 Å². The van der Waals surface area contributed by atoms with Crippen molar-refractivity contribution >= 4 is 19.3 Å². The summed E-state index contributed by atoms with van der Waals surface area (Å²) in [5, 5.41) is 13.0. The molecule has 7 heteroatoms. The third-order valence-corrected chi connectivity index (χ3v) is 4.92. The summed E-state index contributed by atoms with van der Waals surface area (Å²) >= 11 is 0. The maximum Gasteiger partial charge on any atom is 0.492 e. The summed E-state index contributed by atoms with van der Waals surface area (Å²) in [4.78, 5) is 12.1. The second-order valence-corrected chi connectivity index (χ2v) is 9.23. The van der Waals surface area contributed by atoms with Crippen molar-refractivity contribution in [1.82, 2.24) is 5.32 Å². The normalized spacial score (nSPS) is 18.9. The molecule has 0 unspecified atom stereocenters. The van der Waals surface area contributed by atoms with Crippen molar-refractivity contribution < 1.29 is 23.9 Å². The van der Waals surface area contributed by atoms with Gasteiger partial charge in [-0.3, -0.25) is 0 Å². The molecular weight excluding hydrogens is 357 g/mol. The lowest BCUT2D eigenvalue weighted by atomic mass is 9.77. The number of hydrogen-bond donors (Lipinski definition) is 2. The molecule has 1 aliphatic rings. The third-order valence-electron chi connectivity index (χ3n) is 4.92. The molecule has 2 N–H and O–H groups in total. The SMILES string of the molecule is Cc1ccc(C=C(CNC(=O)OC(C)(C)C)B2OC(C)(C)C(C)(C)O2)c(O)c1. The van der Waals surface area contributed by atoms with Gasteiger partial charge < -0.3 is 24.5 Å².